The normalized spacial score (nSPS) is 12.8. The molecule has 0 spiro atoms. The van der Waals surface area contributed by atoms with Gasteiger partial charge in [0.2, 0.25) is 0 Å². The third kappa shape index (κ3) is 5.94. The van der Waals surface area contributed by atoms with Crippen LogP contribution in [0.3, 0.4) is 0 Å². The van der Waals surface area contributed by atoms with Gasteiger partial charge in [0.25, 0.3) is 0 Å². The van der Waals surface area contributed by atoms with E-state index in [9.17, 15) is 9.59 Å². The van der Waals surface area contributed by atoms with Crippen LogP contribution < -0.4 is 0 Å². The van der Waals surface area contributed by atoms with Gasteiger partial charge in [-0.05, 0) is 34.1 Å². The minimum absolute atomic E-state index is 0.213. The van der Waals surface area contributed by atoms with Crippen LogP contribution in [0.2, 0.25) is 0 Å². The van der Waals surface area contributed by atoms with Gasteiger partial charge in [0, 0.05) is 7.05 Å². The second kappa shape index (κ2) is 5.70. The molecule has 0 radical (unpaired) electrons. The largest absolute Gasteiger partial charge is 0.480 e. The molecular weight excluding hydrogens is 222 g/mol. The van der Waals surface area contributed by atoms with E-state index in [4.69, 9.17) is 9.84 Å². The first-order chi connectivity index (χ1) is 7.54. The second-order valence-corrected chi connectivity index (χ2v) is 5.11. The van der Waals surface area contributed by atoms with Crippen molar-refractivity contribution >= 4 is 12.1 Å². The van der Waals surface area contributed by atoms with E-state index in [1.54, 1.807) is 27.7 Å². The maximum atomic E-state index is 11.7. The number of aliphatic carboxylic acids is 1. The van der Waals surface area contributed by atoms with Crippen molar-refractivity contribution in [3.8, 4) is 0 Å². The third-order valence-corrected chi connectivity index (χ3v) is 1.98. The lowest BCUT2D eigenvalue weighted by Crippen LogP contribution is -2.44. The van der Waals surface area contributed by atoms with Crippen LogP contribution in [-0.4, -0.2) is 40.8 Å². The van der Waals surface area contributed by atoms with E-state index < -0.39 is 23.7 Å². The van der Waals surface area contributed by atoms with Gasteiger partial charge in [-0.1, -0.05) is 5.57 Å². The molecule has 0 aliphatic carbocycles. The third-order valence-electron chi connectivity index (χ3n) is 1.98. The van der Waals surface area contributed by atoms with Crippen molar-refractivity contribution < 1.29 is 19.4 Å². The lowest BCUT2D eigenvalue weighted by Gasteiger charge is -2.28. The molecule has 5 heteroatoms. The molecule has 5 nitrogen and oxygen atoms in total. The van der Waals surface area contributed by atoms with Crippen molar-refractivity contribution in [1.82, 2.24) is 4.90 Å². The van der Waals surface area contributed by atoms with Gasteiger partial charge in [0.1, 0.15) is 11.6 Å². The zero-order chi connectivity index (χ0) is 13.8. The fourth-order valence-electron chi connectivity index (χ4n) is 1.18. The number of rotatable bonds is 4. The first kappa shape index (κ1) is 15.5. The number of hydrogen-bond acceptors (Lipinski definition) is 3. The van der Waals surface area contributed by atoms with Crippen LogP contribution in [-0.2, 0) is 9.53 Å². The number of ether oxygens (including phenoxy) is 1. The van der Waals surface area contributed by atoms with Gasteiger partial charge in [-0.2, -0.15) is 0 Å². The van der Waals surface area contributed by atoms with Crippen LogP contribution in [0.5, 0.6) is 0 Å². The average Bonchev–Trinajstić information content (AvgIpc) is 2.09. The number of carbonyl (C=O) groups is 2. The smallest absolute Gasteiger partial charge is 0.410 e. The van der Waals surface area contributed by atoms with Gasteiger partial charge < -0.3 is 9.84 Å². The monoisotopic (exact) mass is 243 g/mol. The van der Waals surface area contributed by atoms with Crippen molar-refractivity contribution in [2.45, 2.75) is 45.8 Å². The zero-order valence-corrected chi connectivity index (χ0v) is 11.1. The van der Waals surface area contributed by atoms with Gasteiger partial charge in [0.05, 0.1) is 0 Å². The van der Waals surface area contributed by atoms with Gasteiger partial charge in [0.15, 0.2) is 0 Å². The Bertz CT molecular complexity index is 317. The number of carbonyl (C=O) groups excluding carboxylic acids is 1. The summed E-state index contributed by atoms with van der Waals surface area (Å²) in [7, 11) is 1.41. The van der Waals surface area contributed by atoms with Crippen LogP contribution in [0.25, 0.3) is 0 Å². The number of carboxylic acid groups (broad SMARTS) is 1. The van der Waals surface area contributed by atoms with E-state index in [2.05, 4.69) is 6.58 Å². The van der Waals surface area contributed by atoms with E-state index >= 15 is 0 Å². The number of carboxylic acids is 1. The molecule has 0 saturated heterocycles. The lowest BCUT2D eigenvalue weighted by atomic mass is 10.1. The molecule has 1 atom stereocenters. The summed E-state index contributed by atoms with van der Waals surface area (Å²) in [5, 5.41) is 9.05. The molecule has 0 saturated carbocycles. The van der Waals surface area contributed by atoms with E-state index in [-0.39, 0.29) is 6.42 Å². The Morgan fingerprint density at radius 1 is 1.41 bits per heavy atom. The van der Waals surface area contributed by atoms with Gasteiger partial charge in [-0.15, -0.1) is 6.58 Å². The van der Waals surface area contributed by atoms with E-state index in [0.29, 0.717) is 5.57 Å². The summed E-state index contributed by atoms with van der Waals surface area (Å²) in [4.78, 5) is 23.8. The van der Waals surface area contributed by atoms with Crippen LogP contribution in [0.4, 0.5) is 4.79 Å². The van der Waals surface area contributed by atoms with Crippen LogP contribution >= 0.6 is 0 Å². The summed E-state index contributed by atoms with van der Waals surface area (Å²) in [6.07, 6.45) is -0.434. The zero-order valence-electron chi connectivity index (χ0n) is 11.1. The van der Waals surface area contributed by atoms with Crippen LogP contribution in [0, 0.1) is 0 Å². The van der Waals surface area contributed by atoms with Gasteiger partial charge in [-0.25, -0.2) is 9.59 Å². The molecule has 0 fully saturated rings. The molecular formula is C12H21NO4. The molecule has 0 rings (SSSR count). The predicted molar refractivity (Wildman–Crippen MR) is 64.9 cm³/mol. The summed E-state index contributed by atoms with van der Waals surface area (Å²) < 4.78 is 5.11. The van der Waals surface area contributed by atoms with Crippen molar-refractivity contribution in [1.29, 1.82) is 0 Å². The van der Waals surface area contributed by atoms with Crippen molar-refractivity contribution in [3.05, 3.63) is 12.2 Å². The molecule has 0 heterocycles. The molecule has 1 N–H and O–H groups in total. The molecule has 1 amide bonds. The molecule has 0 aromatic carbocycles. The van der Waals surface area contributed by atoms with E-state index in [0.717, 1.165) is 4.90 Å². The van der Waals surface area contributed by atoms with E-state index in [1.165, 1.54) is 7.05 Å². The topological polar surface area (TPSA) is 66.8 Å². The molecule has 17 heavy (non-hydrogen) atoms. The first-order valence-electron chi connectivity index (χ1n) is 5.37. The highest BCUT2D eigenvalue weighted by Crippen LogP contribution is 2.14. The van der Waals surface area contributed by atoms with Crippen molar-refractivity contribution in [3.63, 3.8) is 0 Å². The Morgan fingerprint density at radius 2 is 1.88 bits per heavy atom. The Hall–Kier alpha value is -1.52. The standard InChI is InChI=1S/C12H21NO4/c1-8(2)7-9(10(14)15)13(6)11(16)17-12(3,4)5/h9H,1,7H2,2-6H3,(H,14,15)/t9-/m0/s1. The summed E-state index contributed by atoms with van der Waals surface area (Å²) >= 11 is 0. The fourth-order valence-corrected chi connectivity index (χ4v) is 1.18. The van der Waals surface area contributed by atoms with Crippen molar-refractivity contribution in [2.24, 2.45) is 0 Å². The molecule has 0 unspecified atom stereocenters. The highest BCUT2D eigenvalue weighted by atomic mass is 16.6. The summed E-state index contributed by atoms with van der Waals surface area (Å²) in [5.74, 6) is -1.07. The van der Waals surface area contributed by atoms with Gasteiger partial charge in [-0.3, -0.25) is 4.90 Å². The predicted octanol–water partition coefficient (Wildman–Crippen LogP) is 2.27. The Balaban J connectivity index is 4.72. The summed E-state index contributed by atoms with van der Waals surface area (Å²) in [6.45, 7) is 10.6. The Labute approximate surface area is 102 Å². The molecule has 0 aliphatic heterocycles. The molecule has 0 bridgehead atoms. The Kier molecular flexibility index (Phi) is 5.19. The maximum Gasteiger partial charge on any atom is 0.410 e. The molecule has 98 valence electrons. The minimum Gasteiger partial charge on any atom is -0.480 e. The highest BCUT2D eigenvalue weighted by Gasteiger charge is 2.29. The summed E-state index contributed by atoms with van der Waals surface area (Å²) in [6, 6.07) is -0.942. The lowest BCUT2D eigenvalue weighted by molar-refractivity contribution is -0.142. The van der Waals surface area contributed by atoms with Crippen LogP contribution in [0.15, 0.2) is 12.2 Å². The molecule has 0 aliphatic rings. The molecule has 0 aromatic heterocycles. The quantitative estimate of drug-likeness (QED) is 0.769. The minimum atomic E-state index is -1.07. The number of likely N-dealkylation sites (N-methyl/N-ethyl adjacent to an activating group) is 1. The fraction of sp³-hybridized carbons (Fsp3) is 0.667. The number of nitrogens with zero attached hydrogens (tertiary/aromatic N) is 1. The second-order valence-electron chi connectivity index (χ2n) is 5.11. The number of hydrogen-bond donors (Lipinski definition) is 1. The highest BCUT2D eigenvalue weighted by molar-refractivity contribution is 5.80. The van der Waals surface area contributed by atoms with Crippen molar-refractivity contribution in [2.75, 3.05) is 7.05 Å². The van der Waals surface area contributed by atoms with Crippen LogP contribution in [0.1, 0.15) is 34.1 Å². The SMILES string of the molecule is C=C(C)C[C@@H](C(=O)O)N(C)C(=O)OC(C)(C)C. The summed E-state index contributed by atoms with van der Waals surface area (Å²) in [5.41, 5.74) is 0.0604. The maximum absolute atomic E-state index is 11.7. The Morgan fingerprint density at radius 3 is 2.18 bits per heavy atom. The first-order valence-corrected chi connectivity index (χ1v) is 5.37. The average molecular weight is 243 g/mol. The molecule has 0 aromatic rings. The van der Waals surface area contributed by atoms with E-state index in [1.807, 2.05) is 0 Å². The van der Waals surface area contributed by atoms with Gasteiger partial charge >= 0.3 is 12.1 Å². The number of amides is 1.